The van der Waals surface area contributed by atoms with E-state index < -0.39 is 11.8 Å². The van der Waals surface area contributed by atoms with Crippen LogP contribution in [-0.2, 0) is 30.8 Å². The number of carbonyl (C=O) groups excluding carboxylic acids is 1. The summed E-state index contributed by atoms with van der Waals surface area (Å²) < 4.78 is 41.7. The Kier molecular flexibility index (Phi) is 9.46. The first kappa shape index (κ1) is 26.9. The number of esters is 1. The summed E-state index contributed by atoms with van der Waals surface area (Å²) in [6, 6.07) is 5.46. The summed E-state index contributed by atoms with van der Waals surface area (Å²) in [5.74, 6) is -0.324. The predicted octanol–water partition coefficient (Wildman–Crippen LogP) is 4.81. The average molecular weight is 490 g/mol. The Morgan fingerprint density at radius 3 is 2.43 bits per heavy atom. The molecule has 1 heterocycles. The van der Waals surface area contributed by atoms with Gasteiger partial charge in [0, 0.05) is 31.7 Å². The molecule has 0 amide bonds. The van der Waals surface area contributed by atoms with Crippen molar-refractivity contribution in [1.82, 2.24) is 4.98 Å². The number of benzene rings is 1. The molecule has 35 heavy (non-hydrogen) atoms. The number of carbonyl (C=O) groups is 1. The number of ether oxygens (including phenoxy) is 5. The van der Waals surface area contributed by atoms with E-state index in [1.807, 2.05) is 19.1 Å². The van der Waals surface area contributed by atoms with Crippen LogP contribution in [0, 0.1) is 19.7 Å². The molecule has 1 aliphatic carbocycles. The molecule has 0 radical (unpaired) electrons. The van der Waals surface area contributed by atoms with Gasteiger partial charge >= 0.3 is 5.97 Å². The number of hydrogen-bond acceptors (Lipinski definition) is 7. The lowest BCUT2D eigenvalue weighted by Gasteiger charge is -2.37. The van der Waals surface area contributed by atoms with Crippen LogP contribution in [-0.4, -0.2) is 52.3 Å². The number of methoxy groups -OCH3 is 3. The highest BCUT2D eigenvalue weighted by atomic mass is 19.1. The van der Waals surface area contributed by atoms with Crippen molar-refractivity contribution in [3.05, 3.63) is 52.1 Å². The van der Waals surface area contributed by atoms with Crippen LogP contribution < -0.4 is 9.47 Å². The highest BCUT2D eigenvalue weighted by Gasteiger charge is 2.38. The van der Waals surface area contributed by atoms with Crippen molar-refractivity contribution in [3.8, 4) is 11.5 Å². The summed E-state index contributed by atoms with van der Waals surface area (Å²) in [5.41, 5.74) is 3.63. The molecule has 192 valence electrons. The molecule has 3 rings (SSSR count). The summed E-state index contributed by atoms with van der Waals surface area (Å²) in [6.07, 6.45) is 5.80. The Morgan fingerprint density at radius 2 is 1.77 bits per heavy atom. The van der Waals surface area contributed by atoms with Gasteiger partial charge in [0.2, 0.25) is 0 Å². The predicted molar refractivity (Wildman–Crippen MR) is 130 cm³/mol. The Hall–Kier alpha value is -2.71. The van der Waals surface area contributed by atoms with Gasteiger partial charge < -0.3 is 23.7 Å². The van der Waals surface area contributed by atoms with Crippen LogP contribution in [0.15, 0.2) is 18.2 Å². The Morgan fingerprint density at radius 1 is 1.03 bits per heavy atom. The van der Waals surface area contributed by atoms with Gasteiger partial charge in [0.15, 0.2) is 25.0 Å². The van der Waals surface area contributed by atoms with Crippen LogP contribution in [0.4, 0.5) is 4.39 Å². The fourth-order valence-corrected chi connectivity index (χ4v) is 4.87. The molecule has 0 aliphatic heterocycles. The van der Waals surface area contributed by atoms with E-state index >= 15 is 4.39 Å². The van der Waals surface area contributed by atoms with Crippen molar-refractivity contribution in [2.45, 2.75) is 57.8 Å². The highest BCUT2D eigenvalue weighted by Crippen LogP contribution is 2.43. The van der Waals surface area contributed by atoms with E-state index in [-0.39, 0.29) is 24.6 Å². The molecule has 7 nitrogen and oxygen atoms in total. The monoisotopic (exact) mass is 489 g/mol. The number of rotatable bonds is 11. The standard InChI is InChI=1S/C27H36FNO6/c1-18-13-23(34-15-24(30)33-5)25(28)19(2)21(18)14-20-9-10-22(35-17-32-4)26(29-20)27(16-31-3)11-7-6-8-12-27/h9-10,13H,6-8,11-12,14-17H2,1-5H3. The van der Waals surface area contributed by atoms with E-state index in [0.717, 1.165) is 48.2 Å². The Balaban J connectivity index is 1.96. The first-order chi connectivity index (χ1) is 16.8. The number of halogens is 1. The number of hydrogen-bond donors (Lipinski definition) is 0. The maximum Gasteiger partial charge on any atom is 0.343 e. The third kappa shape index (κ3) is 6.30. The van der Waals surface area contributed by atoms with E-state index in [2.05, 4.69) is 4.74 Å². The van der Waals surface area contributed by atoms with Gasteiger partial charge in [-0.15, -0.1) is 0 Å². The van der Waals surface area contributed by atoms with Crippen molar-refractivity contribution in [2.24, 2.45) is 0 Å². The third-order valence-corrected chi connectivity index (χ3v) is 6.73. The molecule has 0 bridgehead atoms. The molecular formula is C27H36FNO6. The van der Waals surface area contributed by atoms with Crippen LogP contribution >= 0.6 is 0 Å². The fraction of sp³-hybridized carbons (Fsp3) is 0.556. The van der Waals surface area contributed by atoms with Crippen LogP contribution in [0.3, 0.4) is 0 Å². The van der Waals surface area contributed by atoms with Gasteiger partial charge in [0.05, 0.1) is 19.4 Å². The molecule has 1 saturated carbocycles. The van der Waals surface area contributed by atoms with E-state index in [9.17, 15) is 4.79 Å². The fourth-order valence-electron chi connectivity index (χ4n) is 4.87. The summed E-state index contributed by atoms with van der Waals surface area (Å²) in [7, 11) is 4.57. The summed E-state index contributed by atoms with van der Waals surface area (Å²) in [4.78, 5) is 16.5. The molecule has 2 aromatic rings. The molecular weight excluding hydrogens is 453 g/mol. The lowest BCUT2D eigenvalue weighted by atomic mass is 9.71. The molecule has 0 N–H and O–H groups in total. The molecule has 1 aromatic carbocycles. The molecule has 1 aromatic heterocycles. The lowest BCUT2D eigenvalue weighted by Crippen LogP contribution is -2.35. The Labute approximate surface area is 206 Å². The van der Waals surface area contributed by atoms with Crippen molar-refractivity contribution >= 4 is 5.97 Å². The second-order valence-electron chi connectivity index (χ2n) is 9.12. The summed E-state index contributed by atoms with van der Waals surface area (Å²) >= 11 is 0. The molecule has 0 atom stereocenters. The number of nitrogens with zero attached hydrogens (tertiary/aromatic N) is 1. The zero-order valence-corrected chi connectivity index (χ0v) is 21.4. The number of aromatic nitrogens is 1. The SMILES string of the molecule is COCOc1ccc(Cc2c(C)cc(OCC(=O)OC)c(F)c2C)nc1C1(COC)CCCCC1. The molecule has 1 aliphatic rings. The van der Waals surface area contributed by atoms with Crippen LogP contribution in [0.2, 0.25) is 0 Å². The van der Waals surface area contributed by atoms with Gasteiger partial charge in [-0.2, -0.15) is 0 Å². The van der Waals surface area contributed by atoms with Crippen LogP contribution in [0.1, 0.15) is 60.2 Å². The quantitative estimate of drug-likeness (QED) is 0.331. The first-order valence-corrected chi connectivity index (χ1v) is 11.9. The van der Waals surface area contributed by atoms with Gasteiger partial charge in [0.25, 0.3) is 0 Å². The summed E-state index contributed by atoms with van der Waals surface area (Å²) in [6.45, 7) is 3.96. The topological polar surface area (TPSA) is 76.1 Å². The van der Waals surface area contributed by atoms with E-state index in [1.165, 1.54) is 13.5 Å². The highest BCUT2D eigenvalue weighted by molar-refractivity contribution is 5.70. The minimum atomic E-state index is -0.566. The van der Waals surface area contributed by atoms with E-state index in [1.54, 1.807) is 27.2 Å². The van der Waals surface area contributed by atoms with Crippen LogP contribution in [0.5, 0.6) is 11.5 Å². The molecule has 8 heteroatoms. The molecule has 0 unspecified atom stereocenters. The maximum atomic E-state index is 15.1. The molecule has 1 fully saturated rings. The molecule has 0 spiro atoms. The second-order valence-corrected chi connectivity index (χ2v) is 9.12. The smallest absolute Gasteiger partial charge is 0.343 e. The number of aryl methyl sites for hydroxylation is 1. The minimum absolute atomic E-state index is 0.0346. The van der Waals surface area contributed by atoms with Gasteiger partial charge in [-0.3, -0.25) is 4.98 Å². The normalized spacial score (nSPS) is 15.0. The first-order valence-electron chi connectivity index (χ1n) is 11.9. The van der Waals surface area contributed by atoms with E-state index in [4.69, 9.17) is 23.9 Å². The largest absolute Gasteiger partial charge is 0.479 e. The maximum absolute atomic E-state index is 15.1. The van der Waals surface area contributed by atoms with Crippen molar-refractivity contribution < 1.29 is 32.9 Å². The van der Waals surface area contributed by atoms with Crippen molar-refractivity contribution in [2.75, 3.05) is 41.3 Å². The second kappa shape index (κ2) is 12.3. The van der Waals surface area contributed by atoms with Gasteiger partial charge in [-0.25, -0.2) is 9.18 Å². The van der Waals surface area contributed by atoms with Crippen molar-refractivity contribution in [1.29, 1.82) is 0 Å². The summed E-state index contributed by atoms with van der Waals surface area (Å²) in [5, 5.41) is 0. The average Bonchev–Trinajstić information content (AvgIpc) is 2.87. The molecule has 0 saturated heterocycles. The van der Waals surface area contributed by atoms with Gasteiger partial charge in [-0.05, 0) is 61.6 Å². The third-order valence-electron chi connectivity index (χ3n) is 6.73. The zero-order chi connectivity index (χ0) is 25.4. The minimum Gasteiger partial charge on any atom is -0.479 e. The van der Waals surface area contributed by atoms with E-state index in [0.29, 0.717) is 24.3 Å². The number of pyridine rings is 1. The van der Waals surface area contributed by atoms with Crippen molar-refractivity contribution in [3.63, 3.8) is 0 Å². The lowest BCUT2D eigenvalue weighted by molar-refractivity contribution is -0.142. The Bertz CT molecular complexity index is 1010. The zero-order valence-electron chi connectivity index (χ0n) is 21.4. The van der Waals surface area contributed by atoms with Crippen LogP contribution in [0.25, 0.3) is 0 Å². The van der Waals surface area contributed by atoms with Gasteiger partial charge in [-0.1, -0.05) is 19.3 Å². The van der Waals surface area contributed by atoms with Gasteiger partial charge in [0.1, 0.15) is 5.75 Å².